The monoisotopic (exact) mass is 337 g/mol. The molecular weight excluding hydrogens is 313 g/mol. The summed E-state index contributed by atoms with van der Waals surface area (Å²) in [6.07, 6.45) is 7.80. The van der Waals surface area contributed by atoms with E-state index in [4.69, 9.17) is 5.73 Å². The lowest BCUT2D eigenvalue weighted by Gasteiger charge is -2.32. The molecule has 16 heavy (non-hydrogen) atoms. The van der Waals surface area contributed by atoms with Gasteiger partial charge < -0.3 is 10.6 Å². The zero-order chi connectivity index (χ0) is 10.7. The summed E-state index contributed by atoms with van der Waals surface area (Å²) < 4.78 is 0. The average molecular weight is 337 g/mol. The van der Waals surface area contributed by atoms with Crippen LogP contribution >= 0.6 is 24.0 Å². The molecule has 0 aromatic carbocycles. The molecule has 0 aromatic rings. The summed E-state index contributed by atoms with van der Waals surface area (Å²) in [7, 11) is 0. The largest absolute Gasteiger partial charge is 0.370 e. The van der Waals surface area contributed by atoms with Gasteiger partial charge in [0, 0.05) is 13.1 Å². The fourth-order valence-electron chi connectivity index (χ4n) is 2.39. The maximum absolute atomic E-state index is 6.07. The number of hydrogen-bond donors (Lipinski definition) is 1. The average Bonchev–Trinajstić information content (AvgIpc) is 2.52. The van der Waals surface area contributed by atoms with Crippen molar-refractivity contribution >= 4 is 29.9 Å². The van der Waals surface area contributed by atoms with Crippen molar-refractivity contribution in [2.75, 3.05) is 13.1 Å². The molecule has 4 heteroatoms. The first-order valence-corrected chi connectivity index (χ1v) is 6.35. The van der Waals surface area contributed by atoms with E-state index < -0.39 is 0 Å². The van der Waals surface area contributed by atoms with Crippen LogP contribution in [0.1, 0.15) is 45.4 Å². The number of hydrogen-bond acceptors (Lipinski definition) is 1. The fourth-order valence-corrected chi connectivity index (χ4v) is 2.39. The molecule has 2 fully saturated rings. The van der Waals surface area contributed by atoms with Gasteiger partial charge in [-0.3, -0.25) is 0 Å². The summed E-state index contributed by atoms with van der Waals surface area (Å²) in [6, 6.07) is 0.508. The fraction of sp³-hybridized carbons (Fsp3) is 0.917. The van der Waals surface area contributed by atoms with Crippen LogP contribution < -0.4 is 5.73 Å². The Morgan fingerprint density at radius 2 is 1.75 bits per heavy atom. The van der Waals surface area contributed by atoms with E-state index in [1.54, 1.807) is 0 Å². The lowest BCUT2D eigenvalue weighted by atomic mass is 9.82. The smallest absolute Gasteiger partial charge is 0.191 e. The molecule has 0 amide bonds. The molecule has 1 saturated carbocycles. The van der Waals surface area contributed by atoms with E-state index in [1.807, 2.05) is 0 Å². The molecule has 0 radical (unpaired) electrons. The maximum Gasteiger partial charge on any atom is 0.191 e. The van der Waals surface area contributed by atoms with E-state index >= 15 is 0 Å². The molecule has 94 valence electrons. The number of nitrogens with zero attached hydrogens (tertiary/aromatic N) is 2. The number of guanidine groups is 1. The second kappa shape index (κ2) is 6.67. The van der Waals surface area contributed by atoms with Gasteiger partial charge in [-0.1, -0.05) is 19.8 Å². The summed E-state index contributed by atoms with van der Waals surface area (Å²) in [4.78, 5) is 6.92. The molecule has 2 N–H and O–H groups in total. The minimum absolute atomic E-state index is 0. The zero-order valence-electron chi connectivity index (χ0n) is 10.2. The lowest BCUT2D eigenvalue weighted by Crippen LogP contribution is -2.41. The molecule has 3 nitrogen and oxygen atoms in total. The number of nitrogens with two attached hydrogens (primary N) is 1. The van der Waals surface area contributed by atoms with Crippen LogP contribution in [-0.2, 0) is 0 Å². The van der Waals surface area contributed by atoms with E-state index in [1.165, 1.54) is 38.5 Å². The molecule has 1 aliphatic heterocycles. The minimum Gasteiger partial charge on any atom is -0.370 e. The summed E-state index contributed by atoms with van der Waals surface area (Å²) >= 11 is 0. The second-order valence-corrected chi connectivity index (χ2v) is 5.01. The highest BCUT2D eigenvalue weighted by molar-refractivity contribution is 14.0. The van der Waals surface area contributed by atoms with Crippen molar-refractivity contribution in [2.45, 2.75) is 51.5 Å². The third-order valence-electron chi connectivity index (χ3n) is 3.80. The zero-order valence-corrected chi connectivity index (χ0v) is 12.5. The summed E-state index contributed by atoms with van der Waals surface area (Å²) in [5, 5.41) is 0. The van der Waals surface area contributed by atoms with Gasteiger partial charge in [-0.2, -0.15) is 0 Å². The molecule has 0 aromatic heterocycles. The second-order valence-electron chi connectivity index (χ2n) is 5.01. The van der Waals surface area contributed by atoms with Gasteiger partial charge in [-0.05, 0) is 31.6 Å². The summed E-state index contributed by atoms with van der Waals surface area (Å²) in [6.45, 7) is 4.49. The Morgan fingerprint density at radius 1 is 1.12 bits per heavy atom. The van der Waals surface area contributed by atoms with Crippen molar-refractivity contribution in [3.05, 3.63) is 0 Å². The highest BCUT2D eigenvalue weighted by Gasteiger charge is 2.27. The SMILES string of the molecule is CC1CCC1N=C(N)N1CCCCCC1.I. The Hall–Kier alpha value is 0. The van der Waals surface area contributed by atoms with Crippen molar-refractivity contribution in [3.8, 4) is 0 Å². The van der Waals surface area contributed by atoms with Crippen LogP contribution in [0.25, 0.3) is 0 Å². The Bertz CT molecular complexity index is 234. The Labute approximate surface area is 116 Å². The molecule has 1 heterocycles. The van der Waals surface area contributed by atoms with Gasteiger partial charge in [-0.15, -0.1) is 24.0 Å². The molecule has 0 spiro atoms. The molecule has 1 aliphatic carbocycles. The Kier molecular flexibility index (Phi) is 5.86. The first kappa shape index (κ1) is 14.1. The third-order valence-corrected chi connectivity index (χ3v) is 3.80. The van der Waals surface area contributed by atoms with Gasteiger partial charge in [0.05, 0.1) is 6.04 Å². The van der Waals surface area contributed by atoms with Gasteiger partial charge in [-0.25, -0.2) is 4.99 Å². The van der Waals surface area contributed by atoms with E-state index in [2.05, 4.69) is 16.8 Å². The quantitative estimate of drug-likeness (QED) is 0.454. The first-order valence-electron chi connectivity index (χ1n) is 6.35. The van der Waals surface area contributed by atoms with Crippen molar-refractivity contribution in [3.63, 3.8) is 0 Å². The first-order chi connectivity index (χ1) is 7.27. The molecule has 1 saturated heterocycles. The Balaban J connectivity index is 0.00000128. The third kappa shape index (κ3) is 3.50. The lowest BCUT2D eigenvalue weighted by molar-refractivity contribution is 0.279. The van der Waals surface area contributed by atoms with Crippen molar-refractivity contribution in [1.29, 1.82) is 0 Å². The van der Waals surface area contributed by atoms with E-state index in [0.717, 1.165) is 25.0 Å². The normalized spacial score (nSPS) is 31.3. The standard InChI is InChI=1S/C12H23N3.HI/c1-10-6-7-11(10)14-12(13)15-8-4-2-3-5-9-15;/h10-11H,2-9H2,1H3,(H2,13,14);1H. The maximum atomic E-state index is 6.07. The van der Waals surface area contributed by atoms with Crippen LogP contribution in [0.15, 0.2) is 4.99 Å². The van der Waals surface area contributed by atoms with Gasteiger partial charge in [0.2, 0.25) is 0 Å². The van der Waals surface area contributed by atoms with Crippen LogP contribution in [0, 0.1) is 5.92 Å². The van der Waals surface area contributed by atoms with Crippen LogP contribution in [-0.4, -0.2) is 30.0 Å². The molecule has 2 rings (SSSR count). The molecular formula is C12H24IN3. The summed E-state index contributed by atoms with van der Waals surface area (Å²) in [5.74, 6) is 1.55. The number of likely N-dealkylation sites (tertiary alicyclic amines) is 1. The number of rotatable bonds is 1. The Morgan fingerprint density at radius 3 is 2.19 bits per heavy atom. The molecule has 2 atom stereocenters. The van der Waals surface area contributed by atoms with E-state index in [-0.39, 0.29) is 24.0 Å². The molecule has 2 unspecified atom stereocenters. The predicted octanol–water partition coefficient (Wildman–Crippen LogP) is 2.59. The van der Waals surface area contributed by atoms with Crippen LogP contribution in [0.5, 0.6) is 0 Å². The van der Waals surface area contributed by atoms with Gasteiger partial charge in [0.25, 0.3) is 0 Å². The van der Waals surface area contributed by atoms with Gasteiger partial charge in [0.1, 0.15) is 0 Å². The molecule has 0 bridgehead atoms. The van der Waals surface area contributed by atoms with Crippen LogP contribution in [0.2, 0.25) is 0 Å². The van der Waals surface area contributed by atoms with Crippen molar-refractivity contribution < 1.29 is 0 Å². The number of halogens is 1. The highest BCUT2D eigenvalue weighted by Crippen LogP contribution is 2.29. The highest BCUT2D eigenvalue weighted by atomic mass is 127. The van der Waals surface area contributed by atoms with Crippen LogP contribution in [0.3, 0.4) is 0 Å². The summed E-state index contributed by atoms with van der Waals surface area (Å²) in [5.41, 5.74) is 6.07. The topological polar surface area (TPSA) is 41.6 Å². The number of aliphatic imine (C=N–C) groups is 1. The molecule has 2 aliphatic rings. The van der Waals surface area contributed by atoms with Crippen LogP contribution in [0.4, 0.5) is 0 Å². The van der Waals surface area contributed by atoms with Crippen molar-refractivity contribution in [1.82, 2.24) is 4.90 Å². The van der Waals surface area contributed by atoms with E-state index in [9.17, 15) is 0 Å². The van der Waals surface area contributed by atoms with Gasteiger partial charge >= 0.3 is 0 Å². The minimum atomic E-state index is 0. The van der Waals surface area contributed by atoms with E-state index in [0.29, 0.717) is 6.04 Å². The predicted molar refractivity (Wildman–Crippen MR) is 79.3 cm³/mol. The van der Waals surface area contributed by atoms with Gasteiger partial charge in [0.15, 0.2) is 5.96 Å². The van der Waals surface area contributed by atoms with Crippen molar-refractivity contribution in [2.24, 2.45) is 16.6 Å².